The van der Waals surface area contributed by atoms with Gasteiger partial charge in [0.05, 0.1) is 23.6 Å². The third-order valence-electron chi connectivity index (χ3n) is 7.89. The first-order valence-electron chi connectivity index (χ1n) is 12.8. The molecule has 2 heterocycles. The fourth-order valence-corrected chi connectivity index (χ4v) is 6.57. The van der Waals surface area contributed by atoms with E-state index in [9.17, 15) is 28.3 Å². The van der Waals surface area contributed by atoms with Gasteiger partial charge >= 0.3 is 5.97 Å². The summed E-state index contributed by atoms with van der Waals surface area (Å²) in [6, 6.07) is 2.98. The van der Waals surface area contributed by atoms with Gasteiger partial charge in [-0.2, -0.15) is 0 Å². The van der Waals surface area contributed by atoms with Crippen molar-refractivity contribution in [3.63, 3.8) is 0 Å². The molecule has 3 N–H and O–H groups in total. The molecule has 0 saturated heterocycles. The van der Waals surface area contributed by atoms with Crippen LogP contribution in [-0.4, -0.2) is 63.0 Å². The number of hydrogen-bond donors (Lipinski definition) is 3. The summed E-state index contributed by atoms with van der Waals surface area (Å²) in [7, 11) is 3.06. The zero-order valence-corrected chi connectivity index (χ0v) is 23.4. The third-order valence-corrected chi connectivity index (χ3v) is 8.70. The van der Waals surface area contributed by atoms with Crippen molar-refractivity contribution in [2.75, 3.05) is 25.7 Å². The quantitative estimate of drug-likeness (QED) is 0.282. The average Bonchev–Trinajstić information content (AvgIpc) is 2.90. The standard InChI is InChI=1S/C27H31F2N5O5S/c1-5-33-25(37)21-23(36)22(35)18(24(31)40-20(30)10-15-6-7-16(28)11-19(15)29)13-34(21)32(3)27(33)9-8-17(14(2)12-27)26(38)39-4/h6-7,11,13-14,17,30-31,36H,5,8-10,12H2,1-4H3. The molecule has 1 saturated carbocycles. The van der Waals surface area contributed by atoms with Crippen LogP contribution in [0, 0.1) is 34.3 Å². The predicted octanol–water partition coefficient (Wildman–Crippen LogP) is 3.46. The number of pyridine rings is 1. The number of amides is 1. The number of nitrogens with zero attached hydrogens (tertiary/aromatic N) is 3. The Labute approximate surface area is 233 Å². The lowest BCUT2D eigenvalue weighted by atomic mass is 9.73. The SMILES string of the molecule is CCN1C(=O)c2c(O)c(=O)c(C(=N)SC(=N)Cc3ccc(F)cc3F)cn2N(C)C12CCC(C(=O)OC)C(C)C2. The number of benzene rings is 1. The van der Waals surface area contributed by atoms with Gasteiger partial charge in [0.25, 0.3) is 5.91 Å². The van der Waals surface area contributed by atoms with Gasteiger partial charge in [-0.15, -0.1) is 0 Å². The van der Waals surface area contributed by atoms with Crippen LogP contribution in [0.5, 0.6) is 5.75 Å². The molecule has 3 unspecified atom stereocenters. The van der Waals surface area contributed by atoms with E-state index >= 15 is 0 Å². The van der Waals surface area contributed by atoms with Crippen molar-refractivity contribution in [2.24, 2.45) is 11.8 Å². The van der Waals surface area contributed by atoms with Gasteiger partial charge in [-0.1, -0.05) is 24.8 Å². The van der Waals surface area contributed by atoms with Gasteiger partial charge in [0.15, 0.2) is 11.4 Å². The first-order chi connectivity index (χ1) is 18.9. The molecule has 1 spiro atoms. The van der Waals surface area contributed by atoms with Crippen molar-refractivity contribution in [1.82, 2.24) is 9.58 Å². The summed E-state index contributed by atoms with van der Waals surface area (Å²) >= 11 is 0.591. The summed E-state index contributed by atoms with van der Waals surface area (Å²) in [5.74, 6) is -3.74. The minimum absolute atomic E-state index is 0.0558. The van der Waals surface area contributed by atoms with Crippen molar-refractivity contribution >= 4 is 33.7 Å². The van der Waals surface area contributed by atoms with Crippen LogP contribution >= 0.6 is 11.8 Å². The first-order valence-corrected chi connectivity index (χ1v) is 13.6. The topological polar surface area (TPSA) is 140 Å². The van der Waals surface area contributed by atoms with Gasteiger partial charge in [0.2, 0.25) is 5.43 Å². The number of rotatable bonds is 5. The second kappa shape index (κ2) is 11.0. The van der Waals surface area contributed by atoms with Crippen LogP contribution in [-0.2, 0) is 16.0 Å². The molecule has 3 atom stereocenters. The van der Waals surface area contributed by atoms with Gasteiger partial charge in [-0.25, -0.2) is 8.78 Å². The summed E-state index contributed by atoms with van der Waals surface area (Å²) < 4.78 is 33.6. The van der Waals surface area contributed by atoms with E-state index in [-0.39, 0.29) is 57.7 Å². The molecule has 0 radical (unpaired) electrons. The summed E-state index contributed by atoms with van der Waals surface area (Å²) in [6.45, 7) is 4.00. The van der Waals surface area contributed by atoms with Crippen molar-refractivity contribution in [2.45, 2.75) is 45.2 Å². The lowest BCUT2D eigenvalue weighted by Gasteiger charge is -2.57. The average molecular weight is 576 g/mol. The molecular formula is C27H31F2N5O5S. The van der Waals surface area contributed by atoms with E-state index in [1.165, 1.54) is 24.0 Å². The van der Waals surface area contributed by atoms with Crippen molar-refractivity contribution in [1.29, 1.82) is 10.8 Å². The molecule has 1 aliphatic heterocycles. The number of esters is 1. The molecule has 10 nitrogen and oxygen atoms in total. The van der Waals surface area contributed by atoms with Crippen molar-refractivity contribution in [3.8, 4) is 5.75 Å². The van der Waals surface area contributed by atoms with E-state index in [1.54, 1.807) is 23.9 Å². The molecule has 13 heteroatoms. The van der Waals surface area contributed by atoms with E-state index in [4.69, 9.17) is 15.6 Å². The molecule has 4 rings (SSSR count). The highest BCUT2D eigenvalue weighted by atomic mass is 32.2. The largest absolute Gasteiger partial charge is 0.502 e. The molecule has 1 aromatic heterocycles. The number of hydrogen-bond acceptors (Lipinski definition) is 9. The molecule has 1 fully saturated rings. The maximum absolute atomic E-state index is 14.1. The van der Waals surface area contributed by atoms with Gasteiger partial charge in [0, 0.05) is 32.3 Å². The number of aromatic nitrogens is 1. The van der Waals surface area contributed by atoms with Crippen LogP contribution in [0.4, 0.5) is 8.78 Å². The zero-order valence-electron chi connectivity index (χ0n) is 22.6. The molecule has 40 heavy (non-hydrogen) atoms. The number of ether oxygens (including phenoxy) is 1. The minimum atomic E-state index is -0.943. The van der Waals surface area contributed by atoms with E-state index in [1.807, 2.05) is 6.92 Å². The highest BCUT2D eigenvalue weighted by Gasteiger charge is 2.53. The fourth-order valence-electron chi connectivity index (χ4n) is 5.84. The van der Waals surface area contributed by atoms with Crippen molar-refractivity contribution < 1.29 is 28.2 Å². The third kappa shape index (κ3) is 4.87. The number of carbonyl (C=O) groups excluding carboxylic acids is 2. The summed E-state index contributed by atoms with van der Waals surface area (Å²) in [4.78, 5) is 40.7. The normalized spacial score (nSPS) is 22.3. The van der Waals surface area contributed by atoms with Crippen LogP contribution in [0.3, 0.4) is 0 Å². The maximum Gasteiger partial charge on any atom is 0.308 e. The number of carbonyl (C=O) groups is 2. The lowest BCUT2D eigenvalue weighted by molar-refractivity contribution is -0.150. The highest BCUT2D eigenvalue weighted by molar-refractivity contribution is 8.26. The number of methoxy groups -OCH3 is 1. The van der Waals surface area contributed by atoms with Crippen LogP contribution < -0.4 is 10.4 Å². The minimum Gasteiger partial charge on any atom is -0.502 e. The number of fused-ring (bicyclic) bond motifs is 1. The Hall–Kier alpha value is -3.74. The second-order valence-corrected chi connectivity index (χ2v) is 11.2. The van der Waals surface area contributed by atoms with Gasteiger partial charge < -0.3 is 14.7 Å². The number of thioether (sulfide) groups is 1. The molecule has 1 aliphatic carbocycles. The number of nitrogens with one attached hydrogen (secondary N) is 2. The summed E-state index contributed by atoms with van der Waals surface area (Å²) in [5.41, 5.74) is -2.25. The van der Waals surface area contributed by atoms with Crippen LogP contribution in [0.1, 0.15) is 54.7 Å². The van der Waals surface area contributed by atoms with Gasteiger partial charge in [0.1, 0.15) is 22.3 Å². The fraction of sp³-hybridized carbons (Fsp3) is 0.444. The summed E-state index contributed by atoms with van der Waals surface area (Å²) in [6.07, 6.45) is 2.37. The maximum atomic E-state index is 14.1. The Bertz CT molecular complexity index is 1460. The van der Waals surface area contributed by atoms with Crippen LogP contribution in [0.15, 0.2) is 29.2 Å². The molecule has 2 aromatic rings. The first kappa shape index (κ1) is 29.2. The molecule has 214 valence electrons. The van der Waals surface area contributed by atoms with Gasteiger partial charge in [-0.3, -0.25) is 34.9 Å². The van der Waals surface area contributed by atoms with E-state index < -0.39 is 34.4 Å². The Morgan fingerprint density at radius 3 is 2.58 bits per heavy atom. The monoisotopic (exact) mass is 575 g/mol. The van der Waals surface area contributed by atoms with Crippen LogP contribution in [0.2, 0.25) is 0 Å². The second-order valence-electron chi connectivity index (χ2n) is 10.1. The number of aromatic hydroxyl groups is 1. The molecule has 0 bridgehead atoms. The lowest BCUT2D eigenvalue weighted by Crippen LogP contribution is -2.71. The molecule has 1 aromatic carbocycles. The Balaban J connectivity index is 1.68. The Morgan fingerprint density at radius 1 is 1.27 bits per heavy atom. The Morgan fingerprint density at radius 2 is 1.98 bits per heavy atom. The van der Waals surface area contributed by atoms with E-state index in [0.717, 1.165) is 6.07 Å². The number of halogens is 2. The van der Waals surface area contributed by atoms with E-state index in [2.05, 4.69) is 0 Å². The molecule has 2 aliphatic rings. The molecular weight excluding hydrogens is 544 g/mol. The van der Waals surface area contributed by atoms with Crippen molar-refractivity contribution in [3.05, 3.63) is 63.1 Å². The highest BCUT2D eigenvalue weighted by Crippen LogP contribution is 2.44. The Kier molecular flexibility index (Phi) is 8.06. The summed E-state index contributed by atoms with van der Waals surface area (Å²) in [5, 5.41) is 28.8. The van der Waals surface area contributed by atoms with Crippen LogP contribution in [0.25, 0.3) is 0 Å². The zero-order chi connectivity index (χ0) is 29.5. The van der Waals surface area contributed by atoms with E-state index in [0.29, 0.717) is 37.1 Å². The predicted molar refractivity (Wildman–Crippen MR) is 147 cm³/mol. The van der Waals surface area contributed by atoms with Gasteiger partial charge in [-0.05, 0) is 43.7 Å². The smallest absolute Gasteiger partial charge is 0.308 e. The molecule has 1 amide bonds.